The summed E-state index contributed by atoms with van der Waals surface area (Å²) < 4.78 is 104. The second-order valence-corrected chi connectivity index (χ2v) is 14.7. The minimum absolute atomic E-state index is 0.0481. The van der Waals surface area contributed by atoms with Crippen molar-refractivity contribution >= 4 is 34.4 Å². The van der Waals surface area contributed by atoms with Gasteiger partial charge in [0.15, 0.2) is 5.82 Å². The second-order valence-electron chi connectivity index (χ2n) is 13.6. The minimum atomic E-state index is -5.17. The molecular weight excluding hydrogens is 724 g/mol. The normalized spacial score (nSPS) is 23.0. The molecule has 284 valence electrons. The number of hydrogen-bond acceptors (Lipinski definition) is 10. The first kappa shape index (κ1) is 38.5. The molecule has 53 heavy (non-hydrogen) atoms. The van der Waals surface area contributed by atoms with Crippen LogP contribution in [-0.4, -0.2) is 96.0 Å². The molecule has 1 amide bonds. The maximum absolute atomic E-state index is 17.2. The van der Waals surface area contributed by atoms with Crippen LogP contribution in [0.25, 0.3) is 22.0 Å². The number of hydrogen-bond donors (Lipinski definition) is 1. The number of thioether (sulfide) groups is 1. The van der Waals surface area contributed by atoms with Crippen molar-refractivity contribution in [3.63, 3.8) is 0 Å². The summed E-state index contributed by atoms with van der Waals surface area (Å²) in [5, 5.41) is 9.63. The summed E-state index contributed by atoms with van der Waals surface area (Å²) in [5.74, 6) is -2.70. The molecule has 3 fully saturated rings. The third-order valence-electron chi connectivity index (χ3n) is 10.4. The van der Waals surface area contributed by atoms with E-state index in [9.17, 15) is 18.8 Å². The average molecular weight is 764 g/mol. The number of aromatic nitrogens is 2. The number of fused-ring (bicyclic) bond motifs is 2. The first-order valence-corrected chi connectivity index (χ1v) is 18.0. The van der Waals surface area contributed by atoms with E-state index in [1.807, 2.05) is 4.90 Å². The number of nitriles is 1. The molecule has 0 bridgehead atoms. The SMILES string of the molecule is C=C(N)Sc1c(F)ccc(-c2c(C(F)(F)F)cc3c(N(CC)C4CCN(C(C)=O)C4COC)nc(OCC45CCCN4CC(F)C5)nc3c2F)c1C#N. The summed E-state index contributed by atoms with van der Waals surface area (Å²) in [6.07, 6.45) is -4.18. The molecule has 1 aromatic heterocycles. The molecule has 0 radical (unpaired) electrons. The number of nitrogens with zero attached hydrogens (tertiary/aromatic N) is 6. The number of halogens is 6. The van der Waals surface area contributed by atoms with E-state index in [0.29, 0.717) is 37.7 Å². The Labute approximate surface area is 306 Å². The number of anilines is 1. The van der Waals surface area contributed by atoms with E-state index >= 15 is 17.6 Å². The van der Waals surface area contributed by atoms with Crippen LogP contribution in [0, 0.1) is 23.0 Å². The molecule has 3 saturated heterocycles. The lowest BCUT2D eigenvalue weighted by molar-refractivity contribution is -0.137. The van der Waals surface area contributed by atoms with Crippen molar-refractivity contribution in [2.75, 3.05) is 51.4 Å². The van der Waals surface area contributed by atoms with Gasteiger partial charge in [-0.05, 0) is 50.9 Å². The topological polar surface area (TPSA) is 121 Å². The highest BCUT2D eigenvalue weighted by molar-refractivity contribution is 8.03. The molecule has 17 heteroatoms. The number of likely N-dealkylation sites (tertiary alicyclic amines) is 1. The Hall–Kier alpha value is -4.27. The van der Waals surface area contributed by atoms with Crippen LogP contribution >= 0.6 is 11.8 Å². The number of carbonyl (C=O) groups excluding carboxylic acids is 1. The number of likely N-dealkylation sites (N-methyl/N-ethyl adjacent to an activating group) is 1. The fourth-order valence-electron chi connectivity index (χ4n) is 8.22. The van der Waals surface area contributed by atoms with Crippen molar-refractivity contribution in [3.8, 4) is 23.2 Å². The van der Waals surface area contributed by atoms with Crippen molar-refractivity contribution < 1.29 is 40.6 Å². The van der Waals surface area contributed by atoms with Gasteiger partial charge in [0.2, 0.25) is 5.91 Å². The smallest absolute Gasteiger partial charge is 0.417 e. The van der Waals surface area contributed by atoms with Crippen LogP contribution in [0.2, 0.25) is 0 Å². The van der Waals surface area contributed by atoms with Crippen molar-refractivity contribution in [2.45, 2.75) is 74.4 Å². The molecule has 3 aliphatic rings. The molecule has 10 nitrogen and oxygen atoms in total. The molecule has 0 saturated carbocycles. The molecule has 2 aromatic carbocycles. The summed E-state index contributed by atoms with van der Waals surface area (Å²) in [5.41, 5.74) is 0.867. The van der Waals surface area contributed by atoms with Gasteiger partial charge in [0, 0.05) is 56.6 Å². The summed E-state index contributed by atoms with van der Waals surface area (Å²) >= 11 is 0.527. The van der Waals surface area contributed by atoms with Gasteiger partial charge in [-0.3, -0.25) is 9.69 Å². The van der Waals surface area contributed by atoms with Crippen molar-refractivity contribution in [2.24, 2.45) is 5.73 Å². The molecule has 4 atom stereocenters. The Balaban J connectivity index is 1.60. The monoisotopic (exact) mass is 763 g/mol. The van der Waals surface area contributed by atoms with Crippen LogP contribution < -0.4 is 15.4 Å². The van der Waals surface area contributed by atoms with E-state index in [4.69, 9.17) is 15.2 Å². The van der Waals surface area contributed by atoms with Crippen LogP contribution in [0.15, 0.2) is 34.7 Å². The predicted octanol–water partition coefficient (Wildman–Crippen LogP) is 6.40. The molecule has 0 aliphatic carbocycles. The standard InChI is InChI=1S/C36H39F6N7O3S/c1-5-48(27-9-12-49(20(3)50)28(27)17-51-4)33-23-13-25(36(40,41)42)29(22-7-8-26(38)32(24(22)15-43)53-19(2)44)30(39)31(23)45-34(46-33)52-18-35-10-6-11-47(35)16-21(37)14-35/h7-8,13,21,27-28H,2,5-6,9-12,14,16-18,44H2,1,3-4H3. The highest BCUT2D eigenvalue weighted by atomic mass is 32.2. The number of amides is 1. The van der Waals surface area contributed by atoms with Gasteiger partial charge < -0.3 is 25.0 Å². The minimum Gasteiger partial charge on any atom is -0.461 e. The maximum atomic E-state index is 17.2. The van der Waals surface area contributed by atoms with Gasteiger partial charge in [0.25, 0.3) is 0 Å². The lowest BCUT2D eigenvalue weighted by Crippen LogP contribution is -2.49. The van der Waals surface area contributed by atoms with Crippen LogP contribution in [0.3, 0.4) is 0 Å². The fraction of sp³-hybridized carbons (Fsp3) is 0.500. The quantitative estimate of drug-likeness (QED) is 0.174. The number of rotatable bonds is 11. The van der Waals surface area contributed by atoms with Crippen molar-refractivity contribution in [3.05, 3.63) is 52.6 Å². The summed E-state index contributed by atoms with van der Waals surface area (Å²) in [6.45, 7) is 8.13. The Morgan fingerprint density at radius 1 is 1.26 bits per heavy atom. The Bertz CT molecular complexity index is 1980. The zero-order valence-corrected chi connectivity index (χ0v) is 30.2. The van der Waals surface area contributed by atoms with Crippen LogP contribution in [-0.2, 0) is 15.7 Å². The molecule has 4 heterocycles. The van der Waals surface area contributed by atoms with Crippen LogP contribution in [0.4, 0.5) is 32.2 Å². The van der Waals surface area contributed by atoms with Crippen LogP contribution in [0.1, 0.15) is 50.7 Å². The number of carbonyl (C=O) groups is 1. The number of alkyl halides is 4. The third-order valence-corrected chi connectivity index (χ3v) is 11.3. The summed E-state index contributed by atoms with van der Waals surface area (Å²) in [7, 11) is 1.47. The largest absolute Gasteiger partial charge is 0.461 e. The van der Waals surface area contributed by atoms with E-state index in [1.54, 1.807) is 22.8 Å². The van der Waals surface area contributed by atoms with E-state index in [1.165, 1.54) is 14.0 Å². The average Bonchev–Trinajstić information content (AvgIpc) is 3.77. The van der Waals surface area contributed by atoms with Gasteiger partial charge in [0.1, 0.15) is 36.0 Å². The maximum Gasteiger partial charge on any atom is 0.417 e. The van der Waals surface area contributed by atoms with Crippen molar-refractivity contribution in [1.82, 2.24) is 19.8 Å². The summed E-state index contributed by atoms with van der Waals surface area (Å²) in [4.78, 5) is 26.4. The zero-order valence-electron chi connectivity index (χ0n) is 29.4. The van der Waals surface area contributed by atoms with Gasteiger partial charge in [-0.25, -0.2) is 13.2 Å². The molecule has 4 unspecified atom stereocenters. The molecule has 2 N–H and O–H groups in total. The molecule has 3 aliphatic heterocycles. The van der Waals surface area contributed by atoms with Gasteiger partial charge >= 0.3 is 12.2 Å². The van der Waals surface area contributed by atoms with Crippen LogP contribution in [0.5, 0.6) is 6.01 Å². The van der Waals surface area contributed by atoms with E-state index in [2.05, 4.69) is 16.5 Å². The molecule has 3 aromatic rings. The predicted molar refractivity (Wildman–Crippen MR) is 187 cm³/mol. The fourth-order valence-corrected chi connectivity index (χ4v) is 8.91. The Morgan fingerprint density at radius 2 is 2.02 bits per heavy atom. The van der Waals surface area contributed by atoms with E-state index < -0.39 is 74.3 Å². The first-order valence-electron chi connectivity index (χ1n) is 17.1. The van der Waals surface area contributed by atoms with Crippen molar-refractivity contribution in [1.29, 1.82) is 5.26 Å². The number of nitrogens with two attached hydrogens (primary N) is 1. The molecular formula is C36H39F6N7O3S. The number of ether oxygens (including phenoxy) is 2. The van der Waals surface area contributed by atoms with Gasteiger partial charge in [-0.15, -0.1) is 0 Å². The highest BCUT2D eigenvalue weighted by Crippen LogP contribution is 2.47. The lowest BCUT2D eigenvalue weighted by Gasteiger charge is -2.36. The Kier molecular flexibility index (Phi) is 10.8. The van der Waals surface area contributed by atoms with Gasteiger partial charge in [0.05, 0.1) is 45.3 Å². The number of benzene rings is 2. The second kappa shape index (κ2) is 14.9. The highest BCUT2D eigenvalue weighted by Gasteiger charge is 2.50. The first-order chi connectivity index (χ1) is 25.1. The Morgan fingerprint density at radius 3 is 2.66 bits per heavy atom. The van der Waals surface area contributed by atoms with Gasteiger partial charge in [-0.2, -0.15) is 28.4 Å². The third kappa shape index (κ3) is 7.08. The lowest BCUT2D eigenvalue weighted by atomic mass is 9.92. The number of methoxy groups -OCH3 is 1. The molecule has 6 rings (SSSR count). The van der Waals surface area contributed by atoms with E-state index in [0.717, 1.165) is 24.6 Å². The van der Waals surface area contributed by atoms with E-state index in [-0.39, 0.29) is 60.9 Å². The van der Waals surface area contributed by atoms with Gasteiger partial charge in [-0.1, -0.05) is 18.3 Å². The summed E-state index contributed by atoms with van der Waals surface area (Å²) in [6, 6.07) is 2.79. The molecule has 0 spiro atoms. The zero-order chi connectivity index (χ0) is 38.4.